The van der Waals surface area contributed by atoms with Gasteiger partial charge in [-0.3, -0.25) is 14.8 Å². The van der Waals surface area contributed by atoms with Crippen molar-refractivity contribution in [3.05, 3.63) is 23.5 Å². The van der Waals surface area contributed by atoms with Gasteiger partial charge in [-0.1, -0.05) is 0 Å². The quantitative estimate of drug-likeness (QED) is 0.590. The van der Waals surface area contributed by atoms with Crippen LogP contribution in [0.25, 0.3) is 0 Å². The highest BCUT2D eigenvalue weighted by Gasteiger charge is 2.21. The first-order valence-electron chi connectivity index (χ1n) is 7.25. The maximum atomic E-state index is 5.91. The Balaban J connectivity index is 1.82. The summed E-state index contributed by atoms with van der Waals surface area (Å²) in [4.78, 5) is 10.2. The monoisotopic (exact) mass is 329 g/mol. The minimum atomic E-state index is 0.217. The van der Waals surface area contributed by atoms with Crippen molar-refractivity contribution >= 4 is 23.4 Å². The Hall–Kier alpha value is -0.330. The first-order chi connectivity index (χ1) is 10.1. The number of likely N-dealkylation sites (N-methyl/N-ethyl adjacent to an activating group) is 1. The molecular formula is C15H24ClN3OS. The van der Waals surface area contributed by atoms with Crippen molar-refractivity contribution in [2.45, 2.75) is 23.9 Å². The summed E-state index contributed by atoms with van der Waals surface area (Å²) in [5.74, 6) is 1.56. The fraction of sp³-hybridized carbons (Fsp3) is 0.667. The topological polar surface area (TPSA) is 28.6 Å². The van der Waals surface area contributed by atoms with E-state index in [0.717, 1.165) is 37.7 Å². The van der Waals surface area contributed by atoms with Gasteiger partial charge in [0.25, 0.3) is 0 Å². The normalized spacial score (nSPS) is 20.1. The average Bonchev–Trinajstić information content (AvgIpc) is 2.49. The number of hydrogen-bond donors (Lipinski definition) is 0. The lowest BCUT2D eigenvalue weighted by Gasteiger charge is -2.35. The standard InChI is InChI=1S/C15H24ClN3OS/c1-12-13(10-16)17-5-4-14(12)21-9-7-19-6-8-20-15(11-19)18(2)3/h4-5,15H,6-11H2,1-3H3. The second-order valence-electron chi connectivity index (χ2n) is 5.45. The second kappa shape index (κ2) is 8.34. The summed E-state index contributed by atoms with van der Waals surface area (Å²) in [6.45, 7) is 6.00. The molecule has 0 bridgehead atoms. The van der Waals surface area contributed by atoms with Gasteiger partial charge >= 0.3 is 0 Å². The van der Waals surface area contributed by atoms with Gasteiger partial charge in [-0.15, -0.1) is 23.4 Å². The fourth-order valence-electron chi connectivity index (χ4n) is 2.33. The van der Waals surface area contributed by atoms with E-state index in [1.807, 2.05) is 18.0 Å². The summed E-state index contributed by atoms with van der Waals surface area (Å²) >= 11 is 7.79. The van der Waals surface area contributed by atoms with Gasteiger partial charge in [0, 0.05) is 36.5 Å². The Kier molecular flexibility index (Phi) is 6.76. The van der Waals surface area contributed by atoms with Crippen molar-refractivity contribution in [1.82, 2.24) is 14.8 Å². The SMILES string of the molecule is Cc1c(SCCN2CCOC(N(C)C)C2)ccnc1CCl. The Bertz CT molecular complexity index is 459. The van der Waals surface area contributed by atoms with Crippen LogP contribution in [0.1, 0.15) is 11.3 Å². The van der Waals surface area contributed by atoms with Crippen molar-refractivity contribution < 1.29 is 4.74 Å². The van der Waals surface area contributed by atoms with Crippen molar-refractivity contribution in [3.63, 3.8) is 0 Å². The van der Waals surface area contributed by atoms with E-state index in [4.69, 9.17) is 16.3 Å². The first-order valence-corrected chi connectivity index (χ1v) is 8.77. The molecule has 1 saturated heterocycles. The molecule has 21 heavy (non-hydrogen) atoms. The van der Waals surface area contributed by atoms with Crippen molar-refractivity contribution in [3.8, 4) is 0 Å². The molecule has 2 rings (SSSR count). The molecule has 0 amide bonds. The van der Waals surface area contributed by atoms with Gasteiger partial charge in [0.05, 0.1) is 18.2 Å². The van der Waals surface area contributed by atoms with E-state index in [-0.39, 0.29) is 6.23 Å². The molecule has 6 heteroatoms. The number of morpholine rings is 1. The Morgan fingerprint density at radius 2 is 2.33 bits per heavy atom. The molecule has 2 heterocycles. The highest BCUT2D eigenvalue weighted by molar-refractivity contribution is 7.99. The molecule has 0 spiro atoms. The largest absolute Gasteiger partial charge is 0.360 e. The van der Waals surface area contributed by atoms with Crippen LogP contribution in [0.5, 0.6) is 0 Å². The van der Waals surface area contributed by atoms with Gasteiger partial charge in [0.2, 0.25) is 0 Å². The number of alkyl halides is 1. The predicted molar refractivity (Wildman–Crippen MR) is 89.1 cm³/mol. The molecule has 1 aromatic heterocycles. The smallest absolute Gasteiger partial charge is 0.123 e. The van der Waals surface area contributed by atoms with Crippen LogP contribution >= 0.6 is 23.4 Å². The zero-order chi connectivity index (χ0) is 15.2. The molecule has 118 valence electrons. The van der Waals surface area contributed by atoms with Crippen molar-refractivity contribution in [2.24, 2.45) is 0 Å². The molecule has 0 radical (unpaired) electrons. The van der Waals surface area contributed by atoms with Crippen LogP contribution in [0.15, 0.2) is 17.2 Å². The molecule has 1 aromatic rings. The number of hydrogen-bond acceptors (Lipinski definition) is 5. The average molecular weight is 330 g/mol. The summed E-state index contributed by atoms with van der Waals surface area (Å²) in [6.07, 6.45) is 2.07. The van der Waals surface area contributed by atoms with E-state index in [0.29, 0.717) is 5.88 Å². The molecule has 1 aliphatic heterocycles. The maximum absolute atomic E-state index is 5.91. The molecular weight excluding hydrogens is 306 g/mol. The zero-order valence-electron chi connectivity index (χ0n) is 13.0. The van der Waals surface area contributed by atoms with Gasteiger partial charge in [-0.25, -0.2) is 0 Å². The molecule has 1 aliphatic rings. The van der Waals surface area contributed by atoms with E-state index >= 15 is 0 Å². The van der Waals surface area contributed by atoms with Crippen LogP contribution < -0.4 is 0 Å². The lowest BCUT2D eigenvalue weighted by Crippen LogP contribution is -2.49. The van der Waals surface area contributed by atoms with E-state index in [9.17, 15) is 0 Å². The summed E-state index contributed by atoms with van der Waals surface area (Å²) in [5, 5.41) is 0. The number of pyridine rings is 1. The van der Waals surface area contributed by atoms with Crippen molar-refractivity contribution in [2.75, 3.05) is 46.1 Å². The van der Waals surface area contributed by atoms with E-state index in [2.05, 4.69) is 41.9 Å². The van der Waals surface area contributed by atoms with Crippen LogP contribution in [0.4, 0.5) is 0 Å². The molecule has 1 fully saturated rings. The highest BCUT2D eigenvalue weighted by Crippen LogP contribution is 2.24. The Morgan fingerprint density at radius 3 is 3.05 bits per heavy atom. The molecule has 0 aromatic carbocycles. The molecule has 0 N–H and O–H groups in total. The lowest BCUT2D eigenvalue weighted by atomic mass is 10.2. The third-order valence-corrected chi connectivity index (χ3v) is 5.15. The number of ether oxygens (including phenoxy) is 1. The summed E-state index contributed by atoms with van der Waals surface area (Å²) in [5.41, 5.74) is 2.20. The van der Waals surface area contributed by atoms with E-state index in [1.54, 1.807) is 0 Å². The van der Waals surface area contributed by atoms with E-state index < -0.39 is 0 Å². The molecule has 1 unspecified atom stereocenters. The number of rotatable bonds is 6. The summed E-state index contributed by atoms with van der Waals surface area (Å²) in [7, 11) is 4.13. The number of aromatic nitrogens is 1. The predicted octanol–water partition coefficient (Wildman–Crippen LogP) is 2.44. The van der Waals surface area contributed by atoms with Gasteiger partial charge < -0.3 is 4.74 Å². The van der Waals surface area contributed by atoms with Crippen LogP contribution in [0, 0.1) is 6.92 Å². The lowest BCUT2D eigenvalue weighted by molar-refractivity contribution is -0.0929. The Morgan fingerprint density at radius 1 is 1.52 bits per heavy atom. The van der Waals surface area contributed by atoms with E-state index in [1.165, 1.54) is 10.5 Å². The Labute approximate surface area is 136 Å². The van der Waals surface area contributed by atoms with Gasteiger partial charge in [-0.2, -0.15) is 0 Å². The summed E-state index contributed by atoms with van der Waals surface area (Å²) < 4.78 is 5.74. The van der Waals surface area contributed by atoms with Crippen molar-refractivity contribution in [1.29, 1.82) is 0 Å². The number of thioether (sulfide) groups is 1. The summed E-state index contributed by atoms with van der Waals surface area (Å²) in [6, 6.07) is 2.08. The third kappa shape index (κ3) is 4.83. The highest BCUT2D eigenvalue weighted by atomic mass is 35.5. The maximum Gasteiger partial charge on any atom is 0.123 e. The first kappa shape index (κ1) is 17.0. The number of halogens is 1. The van der Waals surface area contributed by atoms with Crippen LogP contribution in [-0.4, -0.2) is 67.1 Å². The zero-order valence-corrected chi connectivity index (χ0v) is 14.6. The van der Waals surface area contributed by atoms with Crippen LogP contribution in [0.3, 0.4) is 0 Å². The van der Waals surface area contributed by atoms with Gasteiger partial charge in [0.1, 0.15) is 6.23 Å². The number of nitrogens with zero attached hydrogens (tertiary/aromatic N) is 3. The van der Waals surface area contributed by atoms with Gasteiger partial charge in [0.15, 0.2) is 0 Å². The van der Waals surface area contributed by atoms with Crippen LogP contribution in [0.2, 0.25) is 0 Å². The van der Waals surface area contributed by atoms with Crippen LogP contribution in [-0.2, 0) is 10.6 Å². The minimum Gasteiger partial charge on any atom is -0.360 e. The minimum absolute atomic E-state index is 0.217. The molecule has 4 nitrogen and oxygen atoms in total. The molecule has 1 atom stereocenters. The second-order valence-corrected chi connectivity index (χ2v) is 6.86. The fourth-order valence-corrected chi connectivity index (χ4v) is 3.66. The molecule has 0 saturated carbocycles. The third-order valence-electron chi connectivity index (χ3n) is 3.76. The van der Waals surface area contributed by atoms with Gasteiger partial charge in [-0.05, 0) is 32.6 Å². The molecule has 0 aliphatic carbocycles.